The van der Waals surface area contributed by atoms with E-state index in [4.69, 9.17) is 32.9 Å². The van der Waals surface area contributed by atoms with Crippen molar-refractivity contribution in [2.45, 2.75) is 43.9 Å². The van der Waals surface area contributed by atoms with Gasteiger partial charge in [-0.2, -0.15) is 4.31 Å². The molecule has 1 atom stereocenters. The van der Waals surface area contributed by atoms with E-state index in [0.29, 0.717) is 55.9 Å². The van der Waals surface area contributed by atoms with Gasteiger partial charge in [0, 0.05) is 85.7 Å². The lowest BCUT2D eigenvalue weighted by atomic mass is 10.1. The van der Waals surface area contributed by atoms with Gasteiger partial charge in [0.15, 0.2) is 0 Å². The molecule has 5 aromatic rings. The first-order valence-electron chi connectivity index (χ1n) is 16.1. The Morgan fingerprint density at radius 2 is 1.78 bits per heavy atom. The average Bonchev–Trinajstić information content (AvgIpc) is 3.82. The zero-order chi connectivity index (χ0) is 34.1. The van der Waals surface area contributed by atoms with Crippen molar-refractivity contribution in [3.05, 3.63) is 107 Å². The van der Waals surface area contributed by atoms with Crippen molar-refractivity contribution >= 4 is 50.0 Å². The van der Waals surface area contributed by atoms with E-state index >= 15 is 0 Å². The van der Waals surface area contributed by atoms with Crippen LogP contribution >= 0.6 is 23.2 Å². The molecule has 0 saturated carbocycles. The summed E-state index contributed by atoms with van der Waals surface area (Å²) in [6, 6.07) is 13.7. The Kier molecular flexibility index (Phi) is 9.58. The van der Waals surface area contributed by atoms with Crippen molar-refractivity contribution in [3.63, 3.8) is 0 Å². The Hall–Kier alpha value is -4.07. The van der Waals surface area contributed by atoms with Gasteiger partial charge in [0.05, 0.1) is 17.0 Å². The summed E-state index contributed by atoms with van der Waals surface area (Å²) in [5.41, 5.74) is 3.82. The number of para-hydroxylation sites is 1. The van der Waals surface area contributed by atoms with Crippen molar-refractivity contribution in [1.82, 2.24) is 33.6 Å². The summed E-state index contributed by atoms with van der Waals surface area (Å²) in [7, 11) is -4.14. The fraction of sp³-hybridized carbons (Fsp3) is 0.314. The van der Waals surface area contributed by atoms with Crippen molar-refractivity contribution in [3.8, 4) is 11.4 Å². The summed E-state index contributed by atoms with van der Waals surface area (Å²) in [6.07, 6.45) is 9.86. The van der Waals surface area contributed by atoms with Crippen molar-refractivity contribution in [2.75, 3.05) is 32.7 Å². The number of hydrogen-bond acceptors (Lipinski definition) is 8. The number of rotatable bonds is 9. The van der Waals surface area contributed by atoms with Crippen LogP contribution in [0.3, 0.4) is 0 Å². The highest BCUT2D eigenvalue weighted by molar-refractivity contribution is 7.89. The maximum atomic E-state index is 14.2. The van der Waals surface area contributed by atoms with Crippen molar-refractivity contribution < 1.29 is 17.9 Å². The van der Waals surface area contributed by atoms with Crippen LogP contribution in [0.15, 0.2) is 84.5 Å². The van der Waals surface area contributed by atoms with Crippen LogP contribution in [0.25, 0.3) is 16.6 Å². The number of pyridine rings is 2. The lowest BCUT2D eigenvalue weighted by Crippen LogP contribution is -2.54. The number of ether oxygens (including phenoxy) is 1. The van der Waals surface area contributed by atoms with E-state index in [-0.39, 0.29) is 34.0 Å². The second-order valence-electron chi connectivity index (χ2n) is 12.3. The van der Waals surface area contributed by atoms with E-state index in [9.17, 15) is 13.2 Å². The molecule has 5 heterocycles. The molecule has 49 heavy (non-hydrogen) atoms. The highest BCUT2D eigenvalue weighted by atomic mass is 35.5. The van der Waals surface area contributed by atoms with Crippen LogP contribution in [0, 0.1) is 6.92 Å². The SMILES string of the molecule is Cc1cc(-n2ccnc2)c2cccc(OCc3c(Cl)ccc(S(=O)(=O)N4CCC[C@H]4C(=O)N4CCN(Cc5ccncc5)CC4)c3Cl)c2n1. The molecule has 0 aliphatic carbocycles. The molecule has 2 saturated heterocycles. The van der Waals surface area contributed by atoms with Gasteiger partial charge in [-0.15, -0.1) is 0 Å². The molecule has 2 fully saturated rings. The third-order valence-corrected chi connectivity index (χ3v) is 12.0. The predicted octanol–water partition coefficient (Wildman–Crippen LogP) is 5.51. The van der Waals surface area contributed by atoms with Crippen LogP contribution in [-0.2, 0) is 28.0 Å². The maximum Gasteiger partial charge on any atom is 0.245 e. The first-order valence-corrected chi connectivity index (χ1v) is 18.3. The van der Waals surface area contributed by atoms with Crippen LogP contribution in [0.1, 0.15) is 29.7 Å². The Labute approximate surface area is 295 Å². The third kappa shape index (κ3) is 6.75. The molecule has 1 amide bonds. The molecule has 3 aromatic heterocycles. The number of halogens is 2. The van der Waals surface area contributed by atoms with E-state index in [0.717, 1.165) is 28.9 Å². The first kappa shape index (κ1) is 33.4. The number of benzene rings is 2. The number of carbonyl (C=O) groups excluding carboxylic acids is 1. The Morgan fingerprint density at radius 1 is 0.980 bits per heavy atom. The second-order valence-corrected chi connectivity index (χ2v) is 14.9. The molecule has 254 valence electrons. The van der Waals surface area contributed by atoms with E-state index in [1.54, 1.807) is 35.9 Å². The highest BCUT2D eigenvalue weighted by Gasteiger charge is 2.42. The second kappa shape index (κ2) is 14.0. The Morgan fingerprint density at radius 3 is 2.53 bits per heavy atom. The largest absolute Gasteiger partial charge is 0.487 e. The summed E-state index contributed by atoms with van der Waals surface area (Å²) < 4.78 is 37.8. The Bertz CT molecular complexity index is 2090. The number of carbonyl (C=O) groups is 1. The molecule has 0 spiro atoms. The fourth-order valence-corrected chi connectivity index (χ4v) is 9.12. The smallest absolute Gasteiger partial charge is 0.245 e. The summed E-state index contributed by atoms with van der Waals surface area (Å²) in [4.78, 5) is 30.7. The van der Waals surface area contributed by atoms with Gasteiger partial charge < -0.3 is 14.2 Å². The quantitative estimate of drug-likeness (QED) is 0.196. The summed E-state index contributed by atoms with van der Waals surface area (Å²) in [6.45, 7) is 5.28. The number of imidazole rings is 1. The molecule has 2 aromatic carbocycles. The number of aromatic nitrogens is 4. The summed E-state index contributed by atoms with van der Waals surface area (Å²) in [5, 5.41) is 1.10. The third-order valence-electron chi connectivity index (χ3n) is 9.13. The monoisotopic (exact) mass is 719 g/mol. The number of piperazine rings is 1. The van der Waals surface area contributed by atoms with Gasteiger partial charge in [0.2, 0.25) is 15.9 Å². The van der Waals surface area contributed by atoms with Gasteiger partial charge in [-0.3, -0.25) is 14.7 Å². The highest BCUT2D eigenvalue weighted by Crippen LogP contribution is 2.37. The summed E-state index contributed by atoms with van der Waals surface area (Å²) >= 11 is 13.4. The Balaban J connectivity index is 1.08. The van der Waals surface area contributed by atoms with E-state index < -0.39 is 16.1 Å². The molecule has 0 bridgehead atoms. The zero-order valence-corrected chi connectivity index (χ0v) is 29.2. The lowest BCUT2D eigenvalue weighted by molar-refractivity contribution is -0.136. The molecule has 14 heteroatoms. The average molecular weight is 721 g/mol. The molecule has 7 rings (SSSR count). The molecular weight excluding hydrogens is 685 g/mol. The van der Waals surface area contributed by atoms with Crippen molar-refractivity contribution in [2.24, 2.45) is 0 Å². The minimum absolute atomic E-state index is 0.0289. The molecular formula is C35H35Cl2N7O4S. The zero-order valence-electron chi connectivity index (χ0n) is 26.9. The van der Waals surface area contributed by atoms with Crippen LogP contribution in [0.2, 0.25) is 10.0 Å². The lowest BCUT2D eigenvalue weighted by Gasteiger charge is -2.37. The minimum atomic E-state index is -4.14. The normalized spacial score (nSPS) is 17.5. The number of fused-ring (bicyclic) bond motifs is 1. The minimum Gasteiger partial charge on any atom is -0.487 e. The standard InChI is InChI=1S/C35H35Cl2N7O4S/c1-24-20-30(43-15-13-39-23-43)26-4-2-6-31(34(26)40-24)48-22-27-28(36)7-8-32(33(27)37)49(46,47)44-14-3-5-29(44)35(45)42-18-16-41(17-19-42)21-25-9-11-38-12-10-25/h2,4,6-13,15,20,23,29H,3,5,14,16-19,21-22H2,1H3/t29-/m0/s1. The molecule has 11 nitrogen and oxygen atoms in total. The predicted molar refractivity (Wildman–Crippen MR) is 187 cm³/mol. The number of amides is 1. The topological polar surface area (TPSA) is 114 Å². The van der Waals surface area contributed by atoms with E-state index in [1.165, 1.54) is 16.4 Å². The number of hydrogen-bond donors (Lipinski definition) is 0. The molecule has 0 radical (unpaired) electrons. The summed E-state index contributed by atoms with van der Waals surface area (Å²) in [5.74, 6) is 0.320. The van der Waals surface area contributed by atoms with Crippen LogP contribution in [0.5, 0.6) is 5.75 Å². The van der Waals surface area contributed by atoms with Gasteiger partial charge in [0.25, 0.3) is 0 Å². The van der Waals surface area contributed by atoms with Gasteiger partial charge >= 0.3 is 0 Å². The molecule has 0 N–H and O–H groups in total. The molecule has 0 unspecified atom stereocenters. The van der Waals surface area contributed by atoms with Crippen LogP contribution < -0.4 is 4.74 Å². The number of aryl methyl sites for hydroxylation is 1. The van der Waals surface area contributed by atoms with Gasteiger partial charge in [-0.25, -0.2) is 18.4 Å². The van der Waals surface area contributed by atoms with Gasteiger partial charge in [0.1, 0.15) is 28.8 Å². The van der Waals surface area contributed by atoms with Gasteiger partial charge in [-0.05, 0) is 61.7 Å². The fourth-order valence-electron chi connectivity index (χ4n) is 6.60. The molecule has 2 aliphatic heterocycles. The van der Waals surface area contributed by atoms with Crippen LogP contribution in [0.4, 0.5) is 0 Å². The molecule has 2 aliphatic rings. The van der Waals surface area contributed by atoms with Crippen LogP contribution in [-0.4, -0.2) is 86.7 Å². The van der Waals surface area contributed by atoms with Gasteiger partial charge in [-0.1, -0.05) is 35.3 Å². The maximum absolute atomic E-state index is 14.2. The van der Waals surface area contributed by atoms with E-state index in [1.807, 2.05) is 48.0 Å². The first-order chi connectivity index (χ1) is 23.7. The number of sulfonamides is 1. The number of nitrogens with zero attached hydrogens (tertiary/aromatic N) is 7. The van der Waals surface area contributed by atoms with Crippen molar-refractivity contribution in [1.29, 1.82) is 0 Å². The van der Waals surface area contributed by atoms with E-state index in [2.05, 4.69) is 14.9 Å².